The van der Waals surface area contributed by atoms with Crippen LogP contribution in [-0.2, 0) is 0 Å². The van der Waals surface area contributed by atoms with Gasteiger partial charge in [-0.25, -0.2) is 9.59 Å². The zero-order chi connectivity index (χ0) is 35.9. The van der Waals surface area contributed by atoms with Crippen molar-refractivity contribution < 1.29 is 37.9 Å². The first-order valence-electron chi connectivity index (χ1n) is 15.6. The lowest BCUT2D eigenvalue weighted by molar-refractivity contribution is -0.387. The Morgan fingerprint density at radius 2 is 1.43 bits per heavy atom. The molecule has 0 heterocycles. The van der Waals surface area contributed by atoms with Gasteiger partial charge in [-0.2, -0.15) is 4.39 Å². The van der Waals surface area contributed by atoms with Gasteiger partial charge in [0.05, 0.1) is 29.4 Å². The summed E-state index contributed by atoms with van der Waals surface area (Å²) in [5, 5.41) is 10.7. The zero-order valence-corrected chi connectivity index (χ0v) is 27.9. The maximum Gasteiger partial charge on any atom is 0.347 e. The van der Waals surface area contributed by atoms with E-state index in [0.717, 1.165) is 42.7 Å². The summed E-state index contributed by atoms with van der Waals surface area (Å²) in [5.41, 5.74) is 13.3. The van der Waals surface area contributed by atoms with Crippen molar-refractivity contribution in [2.45, 2.75) is 39.5 Å². The van der Waals surface area contributed by atoms with Gasteiger partial charge in [0.2, 0.25) is 5.82 Å². The Labute approximate surface area is 284 Å². The second kappa shape index (κ2) is 18.5. The molecule has 4 N–H and O–H groups in total. The van der Waals surface area contributed by atoms with E-state index >= 15 is 0 Å². The van der Waals surface area contributed by atoms with Crippen molar-refractivity contribution in [3.8, 4) is 23.0 Å². The number of nitrogen functional groups attached to an aromatic ring is 2. The number of ether oxygens (including phenoxy) is 4. The van der Waals surface area contributed by atoms with E-state index in [2.05, 4.69) is 6.92 Å². The highest BCUT2D eigenvalue weighted by Crippen LogP contribution is 2.29. The Morgan fingerprint density at radius 1 is 0.776 bits per heavy atom. The van der Waals surface area contributed by atoms with E-state index < -0.39 is 28.4 Å². The van der Waals surface area contributed by atoms with E-state index in [1.165, 1.54) is 43.2 Å². The predicted octanol–water partition coefficient (Wildman–Crippen LogP) is 7.45. The van der Waals surface area contributed by atoms with Gasteiger partial charge in [-0.3, -0.25) is 10.1 Å². The summed E-state index contributed by atoms with van der Waals surface area (Å²) in [7, 11) is 4.01. The number of nitro groups is 1. The molecule has 0 radical (unpaired) electrons. The summed E-state index contributed by atoms with van der Waals surface area (Å²) in [4.78, 5) is 36.9. The van der Waals surface area contributed by atoms with Crippen LogP contribution >= 0.6 is 0 Å². The molecule has 0 aliphatic carbocycles. The Hall–Kier alpha value is -5.85. The van der Waals surface area contributed by atoms with Gasteiger partial charge in [0.1, 0.15) is 28.6 Å². The van der Waals surface area contributed by atoms with Crippen molar-refractivity contribution >= 4 is 34.7 Å². The fourth-order valence-electron chi connectivity index (χ4n) is 4.17. The molecule has 0 saturated carbocycles. The van der Waals surface area contributed by atoms with E-state index in [1.54, 1.807) is 12.1 Å². The molecular formula is C36H41FN4O8. The number of carbonyl (C=O) groups excluding carboxylic acids is 2. The minimum absolute atomic E-state index is 0.00510. The molecule has 0 bridgehead atoms. The first-order valence-corrected chi connectivity index (χ1v) is 15.6. The summed E-state index contributed by atoms with van der Waals surface area (Å²) in [6.45, 7) is 5.06. The van der Waals surface area contributed by atoms with E-state index in [0.29, 0.717) is 17.8 Å². The van der Waals surface area contributed by atoms with Crippen molar-refractivity contribution in [3.63, 3.8) is 0 Å². The number of carbonyl (C=O) groups is 2. The third-order valence-electron chi connectivity index (χ3n) is 6.84. The van der Waals surface area contributed by atoms with E-state index in [-0.39, 0.29) is 35.0 Å². The number of rotatable bonds is 14. The Bertz CT molecular complexity index is 1730. The quantitative estimate of drug-likeness (QED) is 0.0340. The Kier molecular flexibility index (Phi) is 14.2. The standard InChI is InChI=1S/C23H19FN2O7.C13H22N2O/c1-2-11-31-21-13-17(32-22(27)14-3-5-15(25)6-4-14)7-9-18(21)23(28)33-16-8-10-20(26(29)30)19(24)12-16;1-4-5-6-9-16-13-10-11(15(2)3)7-8-12(13)14/h3-10,12-13H,2,11,25H2,1H3;7-8,10H,4-6,9,14H2,1-3H3. The summed E-state index contributed by atoms with van der Waals surface area (Å²) in [6.07, 6.45) is 4.13. The monoisotopic (exact) mass is 676 g/mol. The molecule has 13 heteroatoms. The smallest absolute Gasteiger partial charge is 0.347 e. The second-order valence-corrected chi connectivity index (χ2v) is 10.9. The van der Waals surface area contributed by atoms with Gasteiger partial charge in [-0.05, 0) is 67.4 Å². The summed E-state index contributed by atoms with van der Waals surface area (Å²) >= 11 is 0. The SMILES string of the molecule is CCCCCOc1cc(N(C)C)ccc1N.CCCOc1cc(OC(=O)c2ccc(N)cc2)ccc1C(=O)Oc1ccc([N+](=O)[O-])c(F)c1. The predicted molar refractivity (Wildman–Crippen MR) is 186 cm³/mol. The van der Waals surface area contributed by atoms with Crippen molar-refractivity contribution in [3.05, 3.63) is 106 Å². The van der Waals surface area contributed by atoms with Gasteiger partial charge in [0, 0.05) is 49.7 Å². The number of anilines is 3. The van der Waals surface area contributed by atoms with Crippen molar-refractivity contribution in [1.82, 2.24) is 0 Å². The number of unbranched alkanes of at least 4 members (excludes halogenated alkanes) is 2. The number of benzene rings is 4. The first kappa shape index (κ1) is 37.6. The van der Waals surface area contributed by atoms with Gasteiger partial charge in [0.15, 0.2) is 0 Å². The highest BCUT2D eigenvalue weighted by Gasteiger charge is 2.20. The minimum atomic E-state index is -1.14. The molecule has 0 spiro atoms. The van der Waals surface area contributed by atoms with Crippen LogP contribution in [0.15, 0.2) is 78.9 Å². The average Bonchev–Trinajstić information content (AvgIpc) is 3.06. The van der Waals surface area contributed by atoms with Crippen LogP contribution in [0.1, 0.15) is 60.2 Å². The number of esters is 2. The molecule has 0 aliphatic heterocycles. The molecular weight excluding hydrogens is 635 g/mol. The maximum absolute atomic E-state index is 13.8. The van der Waals surface area contributed by atoms with Gasteiger partial charge < -0.3 is 35.3 Å². The highest BCUT2D eigenvalue weighted by atomic mass is 19.1. The van der Waals surface area contributed by atoms with E-state index in [9.17, 15) is 24.1 Å². The molecule has 0 aromatic heterocycles. The maximum atomic E-state index is 13.8. The van der Waals surface area contributed by atoms with Crippen LogP contribution in [0, 0.1) is 15.9 Å². The van der Waals surface area contributed by atoms with Crippen LogP contribution in [0.3, 0.4) is 0 Å². The topological polar surface area (TPSA) is 169 Å². The third kappa shape index (κ3) is 11.4. The fraction of sp³-hybridized carbons (Fsp3) is 0.278. The fourth-order valence-corrected chi connectivity index (χ4v) is 4.17. The minimum Gasteiger partial charge on any atom is -0.493 e. The largest absolute Gasteiger partial charge is 0.493 e. The van der Waals surface area contributed by atoms with Crippen LogP contribution in [0.5, 0.6) is 23.0 Å². The molecule has 0 amide bonds. The van der Waals surface area contributed by atoms with Crippen LogP contribution < -0.4 is 35.3 Å². The van der Waals surface area contributed by atoms with Crippen LogP contribution in [0.4, 0.5) is 27.1 Å². The van der Waals surface area contributed by atoms with E-state index in [4.69, 9.17) is 30.4 Å². The number of nitrogens with two attached hydrogens (primary N) is 2. The molecule has 4 aromatic carbocycles. The summed E-state index contributed by atoms with van der Waals surface area (Å²) < 4.78 is 35.6. The number of nitro benzene ring substituents is 1. The molecule has 0 atom stereocenters. The normalized spacial score (nSPS) is 10.3. The molecule has 0 saturated heterocycles. The molecule has 0 fully saturated rings. The van der Waals surface area contributed by atoms with Crippen LogP contribution in [0.25, 0.3) is 0 Å². The third-order valence-corrected chi connectivity index (χ3v) is 6.84. The lowest BCUT2D eigenvalue weighted by Gasteiger charge is -2.15. The van der Waals surface area contributed by atoms with Crippen LogP contribution in [-0.4, -0.2) is 44.2 Å². The molecule has 12 nitrogen and oxygen atoms in total. The van der Waals surface area contributed by atoms with Crippen molar-refractivity contribution in [2.75, 3.05) is 43.7 Å². The molecule has 0 aliphatic rings. The van der Waals surface area contributed by atoms with Crippen LogP contribution in [0.2, 0.25) is 0 Å². The lowest BCUT2D eigenvalue weighted by Crippen LogP contribution is -2.13. The first-order chi connectivity index (χ1) is 23.4. The molecule has 0 unspecified atom stereocenters. The van der Waals surface area contributed by atoms with Gasteiger partial charge in [-0.1, -0.05) is 26.7 Å². The second-order valence-electron chi connectivity index (χ2n) is 10.9. The highest BCUT2D eigenvalue weighted by molar-refractivity contribution is 5.95. The average molecular weight is 677 g/mol. The zero-order valence-electron chi connectivity index (χ0n) is 27.9. The van der Waals surface area contributed by atoms with Crippen molar-refractivity contribution in [2.24, 2.45) is 0 Å². The molecule has 4 rings (SSSR count). The van der Waals surface area contributed by atoms with Gasteiger partial charge in [-0.15, -0.1) is 0 Å². The van der Waals surface area contributed by atoms with Gasteiger partial charge >= 0.3 is 17.6 Å². The summed E-state index contributed by atoms with van der Waals surface area (Å²) in [6, 6.07) is 18.8. The Balaban J connectivity index is 0.000000341. The lowest BCUT2D eigenvalue weighted by atomic mass is 10.2. The number of hydrogen-bond donors (Lipinski definition) is 2. The summed E-state index contributed by atoms with van der Waals surface area (Å²) in [5.74, 6) is -1.87. The van der Waals surface area contributed by atoms with Gasteiger partial charge in [0.25, 0.3) is 0 Å². The Morgan fingerprint density at radius 3 is 2.06 bits per heavy atom. The van der Waals surface area contributed by atoms with Crippen molar-refractivity contribution in [1.29, 1.82) is 0 Å². The van der Waals surface area contributed by atoms with E-state index in [1.807, 2.05) is 44.1 Å². The molecule has 4 aromatic rings. The molecule has 260 valence electrons. The number of hydrogen-bond acceptors (Lipinski definition) is 11. The number of nitrogens with zero attached hydrogens (tertiary/aromatic N) is 2. The number of halogens is 1. The molecule has 49 heavy (non-hydrogen) atoms.